The zero-order chi connectivity index (χ0) is 4.83. The zero-order valence-corrected chi connectivity index (χ0v) is 5.02. The summed E-state index contributed by atoms with van der Waals surface area (Å²) in [6.45, 7) is 0. The van der Waals surface area contributed by atoms with E-state index in [2.05, 4.69) is 0 Å². The maximum Gasteiger partial charge on any atom is 0.0811 e. The highest BCUT2D eigenvalue weighted by atomic mass is 33.1. The summed E-state index contributed by atoms with van der Waals surface area (Å²) >= 11 is 0. The predicted molar refractivity (Wildman–Crippen MR) is 36.4 cm³/mol. The van der Waals surface area contributed by atoms with Crippen molar-refractivity contribution in [2.24, 2.45) is 0 Å². The van der Waals surface area contributed by atoms with E-state index in [9.17, 15) is 0 Å². The second kappa shape index (κ2) is 5.83. The van der Waals surface area contributed by atoms with Gasteiger partial charge < -0.3 is 0 Å². The van der Waals surface area contributed by atoms with Crippen molar-refractivity contribution >= 4 is 37.3 Å². The Balaban J connectivity index is 2.34. The molecule has 0 heterocycles. The molecule has 0 fully saturated rings. The smallest absolute Gasteiger partial charge is 0.0811 e. The van der Waals surface area contributed by atoms with Gasteiger partial charge in [0.2, 0.25) is 0 Å². The fourth-order valence-electron chi connectivity index (χ4n) is 0.0962. The lowest BCUT2D eigenvalue weighted by atomic mass is 10.2. The summed E-state index contributed by atoms with van der Waals surface area (Å²) < 4.78 is 0. The molecule has 0 bridgehead atoms. The highest BCUT2D eigenvalue weighted by Crippen LogP contribution is 2.16. The van der Waals surface area contributed by atoms with Crippen LogP contribution in [-0.2, 0) is 0 Å². The normalized spacial score (nSPS) is 8.67. The van der Waals surface area contributed by atoms with Crippen LogP contribution in [0.25, 0.3) is 0 Å². The van der Waals surface area contributed by atoms with Gasteiger partial charge in [0.15, 0.2) is 0 Å². The van der Waals surface area contributed by atoms with Gasteiger partial charge in [0.1, 0.15) is 0 Å². The third kappa shape index (κ3) is 4.83. The molecule has 0 N–H and O–H groups in total. The summed E-state index contributed by atoms with van der Waals surface area (Å²) in [6.07, 6.45) is 0. The predicted octanol–water partition coefficient (Wildman–Crippen LogP) is 0.620. The van der Waals surface area contributed by atoms with Gasteiger partial charge in [0.05, 0.1) is 15.7 Å². The lowest BCUT2D eigenvalue weighted by Crippen LogP contribution is -1.70. The minimum atomic E-state index is 0.655. The monoisotopic (exact) mass is 114 g/mol. The quantitative estimate of drug-likeness (QED) is 0.299. The Labute approximate surface area is 49.1 Å². The third-order valence-corrected chi connectivity index (χ3v) is 1.97. The molecule has 0 saturated heterocycles. The lowest BCUT2D eigenvalue weighted by Gasteiger charge is -1.86. The van der Waals surface area contributed by atoms with Gasteiger partial charge in [0, 0.05) is 0 Å². The second-order valence-corrected chi connectivity index (χ2v) is 3.12. The van der Waals surface area contributed by atoms with Gasteiger partial charge in [-0.25, -0.2) is 0 Å². The van der Waals surface area contributed by atoms with E-state index in [0.29, 0.717) is 11.3 Å². The first-order chi connectivity index (χ1) is 2.91. The summed E-state index contributed by atoms with van der Waals surface area (Å²) in [5.74, 6) is 0. The topological polar surface area (TPSA) is 0 Å². The van der Waals surface area contributed by atoms with Crippen molar-refractivity contribution in [1.82, 2.24) is 0 Å². The summed E-state index contributed by atoms with van der Waals surface area (Å²) in [5, 5.41) is 0. The van der Waals surface area contributed by atoms with Crippen molar-refractivity contribution in [1.29, 1.82) is 0 Å². The molecule has 0 spiro atoms. The average molecular weight is 114 g/mol. The van der Waals surface area contributed by atoms with Crippen molar-refractivity contribution in [3.8, 4) is 0 Å². The fourth-order valence-corrected chi connectivity index (χ4v) is 0.866. The SMILES string of the molecule is [B]CSSC[B]. The molecule has 6 heavy (non-hydrogen) atoms. The van der Waals surface area contributed by atoms with Crippen molar-refractivity contribution < 1.29 is 0 Å². The Morgan fingerprint density at radius 2 is 1.33 bits per heavy atom. The molecular formula is C2H4B2S2. The molecule has 0 aliphatic carbocycles. The van der Waals surface area contributed by atoms with Gasteiger partial charge in [-0.15, -0.1) is 21.6 Å². The van der Waals surface area contributed by atoms with Gasteiger partial charge in [-0.05, 0) is 11.3 Å². The molecule has 0 aliphatic rings. The van der Waals surface area contributed by atoms with Gasteiger partial charge in [0.25, 0.3) is 0 Å². The average Bonchev–Trinajstić information content (AvgIpc) is 1.61. The van der Waals surface area contributed by atoms with Gasteiger partial charge in [-0.1, -0.05) is 0 Å². The van der Waals surface area contributed by atoms with Crippen LogP contribution in [0, 0.1) is 0 Å². The molecule has 30 valence electrons. The van der Waals surface area contributed by atoms with Gasteiger partial charge >= 0.3 is 0 Å². The number of rotatable bonds is 3. The molecule has 0 aromatic carbocycles. The van der Waals surface area contributed by atoms with Crippen LogP contribution in [0.15, 0.2) is 0 Å². The van der Waals surface area contributed by atoms with Gasteiger partial charge in [-0.2, -0.15) is 0 Å². The standard InChI is InChI=1S/C2H4B2S2/c3-1-5-6-2-4/h1-2H2. The van der Waals surface area contributed by atoms with Crippen LogP contribution in [0.4, 0.5) is 0 Å². The minimum absolute atomic E-state index is 0.655. The number of hydrogen-bond acceptors (Lipinski definition) is 2. The molecule has 0 atom stereocenters. The van der Waals surface area contributed by atoms with E-state index in [-0.39, 0.29) is 0 Å². The van der Waals surface area contributed by atoms with Crippen LogP contribution in [0.5, 0.6) is 0 Å². The van der Waals surface area contributed by atoms with Crippen LogP contribution < -0.4 is 0 Å². The van der Waals surface area contributed by atoms with Crippen LogP contribution in [0.1, 0.15) is 0 Å². The van der Waals surface area contributed by atoms with E-state index in [4.69, 9.17) is 15.7 Å². The summed E-state index contributed by atoms with van der Waals surface area (Å²) in [4.78, 5) is 0. The van der Waals surface area contributed by atoms with Crippen LogP contribution in [-0.4, -0.2) is 27.0 Å². The van der Waals surface area contributed by atoms with Crippen LogP contribution in [0.3, 0.4) is 0 Å². The van der Waals surface area contributed by atoms with Crippen molar-refractivity contribution in [3.05, 3.63) is 0 Å². The van der Waals surface area contributed by atoms with E-state index in [0.717, 1.165) is 0 Å². The molecule has 4 radical (unpaired) electrons. The third-order valence-electron chi connectivity index (χ3n) is 0.219. The maximum absolute atomic E-state index is 5.10. The Bertz CT molecular complexity index is 21.5. The molecule has 0 rings (SSSR count). The Morgan fingerprint density at radius 3 is 1.50 bits per heavy atom. The van der Waals surface area contributed by atoms with E-state index >= 15 is 0 Å². The molecule has 0 aromatic rings. The Hall–Kier alpha value is 0.830. The van der Waals surface area contributed by atoms with Crippen molar-refractivity contribution in [3.63, 3.8) is 0 Å². The highest BCUT2D eigenvalue weighted by Gasteiger charge is 1.75. The fraction of sp³-hybridized carbons (Fsp3) is 1.00. The molecule has 0 aliphatic heterocycles. The van der Waals surface area contributed by atoms with E-state index in [1.165, 1.54) is 0 Å². The summed E-state index contributed by atoms with van der Waals surface area (Å²) in [7, 11) is 13.4. The van der Waals surface area contributed by atoms with E-state index in [1.807, 2.05) is 0 Å². The van der Waals surface area contributed by atoms with Gasteiger partial charge in [-0.3, -0.25) is 0 Å². The van der Waals surface area contributed by atoms with Crippen molar-refractivity contribution in [2.45, 2.75) is 0 Å². The zero-order valence-electron chi connectivity index (χ0n) is 3.39. The molecule has 4 heteroatoms. The minimum Gasteiger partial charge on any atom is -0.105 e. The van der Waals surface area contributed by atoms with E-state index in [1.54, 1.807) is 21.6 Å². The summed E-state index contributed by atoms with van der Waals surface area (Å²) in [5.41, 5.74) is 1.31. The van der Waals surface area contributed by atoms with E-state index < -0.39 is 0 Å². The molecule has 0 nitrogen and oxygen atoms in total. The molecule has 0 unspecified atom stereocenters. The van der Waals surface area contributed by atoms with Crippen LogP contribution >= 0.6 is 21.6 Å². The number of hydrogen-bond donors (Lipinski definition) is 0. The largest absolute Gasteiger partial charge is 0.105 e. The molecular weight excluding hydrogens is 110 g/mol. The molecule has 0 aromatic heterocycles. The first kappa shape index (κ1) is 6.83. The van der Waals surface area contributed by atoms with Crippen LogP contribution in [0.2, 0.25) is 0 Å². The Kier molecular flexibility index (Phi) is 6.64. The maximum atomic E-state index is 5.10. The highest BCUT2D eigenvalue weighted by molar-refractivity contribution is 8.77. The van der Waals surface area contributed by atoms with Crippen molar-refractivity contribution in [2.75, 3.05) is 11.3 Å². The summed E-state index contributed by atoms with van der Waals surface area (Å²) in [6, 6.07) is 0. The lowest BCUT2D eigenvalue weighted by molar-refractivity contribution is 2.24. The second-order valence-electron chi connectivity index (χ2n) is 0.569. The Morgan fingerprint density at radius 1 is 1.00 bits per heavy atom. The first-order valence-electron chi connectivity index (χ1n) is 1.56. The molecule has 0 saturated carbocycles. The molecule has 0 amide bonds. The first-order valence-corrected chi connectivity index (χ1v) is 4.05.